The largest absolute Gasteiger partial charge is 0.478 e. The molecular formula is C13H18BrNO3. The lowest BCUT2D eigenvalue weighted by molar-refractivity contribution is 0.0599. The molecule has 0 aliphatic carbocycles. The van der Waals surface area contributed by atoms with E-state index in [1.54, 1.807) is 12.1 Å². The molecule has 0 aliphatic rings. The van der Waals surface area contributed by atoms with E-state index < -0.39 is 0 Å². The lowest BCUT2D eigenvalue weighted by Gasteiger charge is -2.09. The van der Waals surface area contributed by atoms with E-state index in [2.05, 4.69) is 34.8 Å². The van der Waals surface area contributed by atoms with Gasteiger partial charge in [-0.2, -0.15) is 0 Å². The van der Waals surface area contributed by atoms with Crippen LogP contribution in [0.1, 0.15) is 36.3 Å². The molecule has 0 bridgehead atoms. The fourth-order valence-electron chi connectivity index (χ4n) is 1.34. The Bertz CT molecular complexity index is 407. The van der Waals surface area contributed by atoms with Crippen molar-refractivity contribution in [3.8, 4) is 5.88 Å². The van der Waals surface area contributed by atoms with E-state index in [1.807, 2.05) is 0 Å². The van der Waals surface area contributed by atoms with Crippen LogP contribution in [-0.4, -0.2) is 24.7 Å². The third-order valence-electron chi connectivity index (χ3n) is 2.36. The standard InChI is InChI=1S/C13H18BrNO3/c1-9(2)4-5-18-12-7-10(13(16)17-3)6-11(8-14)15-12/h6-7,9H,4-5,8H2,1-3H3. The van der Waals surface area contributed by atoms with Crippen molar-refractivity contribution >= 4 is 21.9 Å². The molecule has 4 nitrogen and oxygen atoms in total. The van der Waals surface area contributed by atoms with Gasteiger partial charge in [0, 0.05) is 11.4 Å². The number of alkyl halides is 1. The van der Waals surface area contributed by atoms with Gasteiger partial charge in [-0.05, 0) is 18.4 Å². The number of halogens is 1. The Hall–Kier alpha value is -1.10. The molecule has 1 aromatic rings. The summed E-state index contributed by atoms with van der Waals surface area (Å²) in [6.45, 7) is 4.86. The van der Waals surface area contributed by atoms with Crippen molar-refractivity contribution in [3.05, 3.63) is 23.4 Å². The first-order valence-electron chi connectivity index (χ1n) is 5.84. The summed E-state index contributed by atoms with van der Waals surface area (Å²) >= 11 is 3.32. The maximum Gasteiger partial charge on any atom is 0.338 e. The molecule has 18 heavy (non-hydrogen) atoms. The van der Waals surface area contributed by atoms with Gasteiger partial charge in [0.15, 0.2) is 0 Å². The molecule has 5 heteroatoms. The van der Waals surface area contributed by atoms with Crippen molar-refractivity contribution in [3.63, 3.8) is 0 Å². The van der Waals surface area contributed by atoms with E-state index in [0.717, 1.165) is 12.1 Å². The van der Waals surface area contributed by atoms with Crippen LogP contribution in [0.25, 0.3) is 0 Å². The van der Waals surface area contributed by atoms with Gasteiger partial charge in [-0.1, -0.05) is 29.8 Å². The van der Waals surface area contributed by atoms with Crippen molar-refractivity contribution in [2.24, 2.45) is 5.92 Å². The minimum atomic E-state index is -0.381. The zero-order chi connectivity index (χ0) is 13.5. The van der Waals surface area contributed by atoms with Gasteiger partial charge in [0.05, 0.1) is 25.0 Å². The summed E-state index contributed by atoms with van der Waals surface area (Å²) in [7, 11) is 1.36. The number of nitrogens with zero attached hydrogens (tertiary/aromatic N) is 1. The van der Waals surface area contributed by atoms with E-state index in [0.29, 0.717) is 29.3 Å². The Kier molecular flexibility index (Phi) is 6.12. The van der Waals surface area contributed by atoms with Crippen LogP contribution in [0.3, 0.4) is 0 Å². The molecular weight excluding hydrogens is 298 g/mol. The number of hydrogen-bond donors (Lipinski definition) is 0. The third-order valence-corrected chi connectivity index (χ3v) is 2.93. The molecule has 0 spiro atoms. The average molecular weight is 316 g/mol. The van der Waals surface area contributed by atoms with Gasteiger partial charge in [-0.3, -0.25) is 0 Å². The highest BCUT2D eigenvalue weighted by Gasteiger charge is 2.10. The quantitative estimate of drug-likeness (QED) is 0.597. The number of esters is 1. The number of pyridine rings is 1. The van der Waals surface area contributed by atoms with Crippen LogP contribution in [0, 0.1) is 5.92 Å². The minimum Gasteiger partial charge on any atom is -0.478 e. The molecule has 1 rings (SSSR count). The highest BCUT2D eigenvalue weighted by molar-refractivity contribution is 9.08. The van der Waals surface area contributed by atoms with Crippen LogP contribution in [0.4, 0.5) is 0 Å². The fraction of sp³-hybridized carbons (Fsp3) is 0.538. The first-order valence-corrected chi connectivity index (χ1v) is 6.97. The fourth-order valence-corrected chi connectivity index (χ4v) is 1.62. The summed E-state index contributed by atoms with van der Waals surface area (Å²) in [5, 5.41) is 0.568. The number of aromatic nitrogens is 1. The van der Waals surface area contributed by atoms with Crippen molar-refractivity contribution in [2.75, 3.05) is 13.7 Å². The summed E-state index contributed by atoms with van der Waals surface area (Å²) < 4.78 is 10.3. The first kappa shape index (κ1) is 15.0. The SMILES string of the molecule is COC(=O)c1cc(CBr)nc(OCCC(C)C)c1. The Morgan fingerprint density at radius 2 is 2.17 bits per heavy atom. The van der Waals surface area contributed by atoms with Crippen molar-refractivity contribution in [1.29, 1.82) is 0 Å². The summed E-state index contributed by atoms with van der Waals surface area (Å²) in [5.41, 5.74) is 1.21. The molecule has 0 unspecified atom stereocenters. The zero-order valence-electron chi connectivity index (χ0n) is 10.9. The van der Waals surface area contributed by atoms with E-state index in [4.69, 9.17) is 9.47 Å². The van der Waals surface area contributed by atoms with Crippen LogP contribution in [0.15, 0.2) is 12.1 Å². The molecule has 1 aromatic heterocycles. The van der Waals surface area contributed by atoms with Gasteiger partial charge < -0.3 is 9.47 Å². The van der Waals surface area contributed by atoms with Crippen molar-refractivity contribution in [2.45, 2.75) is 25.6 Å². The van der Waals surface area contributed by atoms with E-state index in [1.165, 1.54) is 7.11 Å². The van der Waals surface area contributed by atoms with E-state index >= 15 is 0 Å². The number of hydrogen-bond acceptors (Lipinski definition) is 4. The molecule has 0 fully saturated rings. The summed E-state index contributed by atoms with van der Waals surface area (Å²) in [6.07, 6.45) is 0.952. The number of methoxy groups -OCH3 is 1. The van der Waals surface area contributed by atoms with E-state index in [9.17, 15) is 4.79 Å². The smallest absolute Gasteiger partial charge is 0.338 e. The highest BCUT2D eigenvalue weighted by Crippen LogP contribution is 2.16. The third kappa shape index (κ3) is 4.64. The topological polar surface area (TPSA) is 48.4 Å². The molecule has 0 atom stereocenters. The normalized spacial score (nSPS) is 10.5. The van der Waals surface area contributed by atoms with Crippen LogP contribution in [-0.2, 0) is 10.1 Å². The maximum absolute atomic E-state index is 11.5. The second-order valence-electron chi connectivity index (χ2n) is 4.34. The lowest BCUT2D eigenvalue weighted by atomic mass is 10.1. The molecule has 0 aliphatic heterocycles. The van der Waals surface area contributed by atoms with Gasteiger partial charge in [0.1, 0.15) is 0 Å². The monoisotopic (exact) mass is 315 g/mol. The summed E-state index contributed by atoms with van der Waals surface area (Å²) in [5.74, 6) is 0.658. The minimum absolute atomic E-state index is 0.381. The van der Waals surface area contributed by atoms with E-state index in [-0.39, 0.29) is 5.97 Å². The molecule has 0 aromatic carbocycles. The summed E-state index contributed by atoms with van der Waals surface area (Å²) in [6, 6.07) is 3.30. The molecule has 0 amide bonds. The van der Waals surface area contributed by atoms with Crippen LogP contribution >= 0.6 is 15.9 Å². The molecule has 0 saturated carbocycles. The predicted octanol–water partition coefficient (Wildman–Crippen LogP) is 3.19. The Morgan fingerprint density at radius 3 is 2.72 bits per heavy atom. The van der Waals surface area contributed by atoms with Crippen LogP contribution in [0.5, 0.6) is 5.88 Å². The number of rotatable bonds is 6. The van der Waals surface area contributed by atoms with Gasteiger partial charge in [0.25, 0.3) is 0 Å². The van der Waals surface area contributed by atoms with Crippen molar-refractivity contribution < 1.29 is 14.3 Å². The van der Waals surface area contributed by atoms with Crippen molar-refractivity contribution in [1.82, 2.24) is 4.98 Å². The lowest BCUT2D eigenvalue weighted by Crippen LogP contribution is -2.07. The van der Waals surface area contributed by atoms with Crippen LogP contribution < -0.4 is 4.74 Å². The second kappa shape index (κ2) is 7.36. The van der Waals surface area contributed by atoms with Gasteiger partial charge in [-0.15, -0.1) is 0 Å². The number of carbonyl (C=O) groups excluding carboxylic acids is 1. The Balaban J connectivity index is 2.80. The zero-order valence-corrected chi connectivity index (χ0v) is 12.5. The average Bonchev–Trinajstić information content (AvgIpc) is 2.36. The number of carbonyl (C=O) groups is 1. The highest BCUT2D eigenvalue weighted by atomic mass is 79.9. The second-order valence-corrected chi connectivity index (χ2v) is 4.90. The van der Waals surface area contributed by atoms with Gasteiger partial charge in [0.2, 0.25) is 5.88 Å². The summed E-state index contributed by atoms with van der Waals surface area (Å²) in [4.78, 5) is 15.8. The Morgan fingerprint density at radius 1 is 1.44 bits per heavy atom. The molecule has 100 valence electrons. The molecule has 0 saturated heterocycles. The predicted molar refractivity (Wildman–Crippen MR) is 73.2 cm³/mol. The molecule has 1 heterocycles. The van der Waals surface area contributed by atoms with Gasteiger partial charge >= 0.3 is 5.97 Å². The molecule has 0 N–H and O–H groups in total. The maximum atomic E-state index is 11.5. The Labute approximate surface area is 116 Å². The number of ether oxygens (including phenoxy) is 2. The van der Waals surface area contributed by atoms with Gasteiger partial charge in [-0.25, -0.2) is 9.78 Å². The van der Waals surface area contributed by atoms with Crippen LogP contribution in [0.2, 0.25) is 0 Å². The first-order chi connectivity index (χ1) is 8.56. The molecule has 0 radical (unpaired) electrons.